The molecule has 1 aliphatic heterocycles. The van der Waals surface area contributed by atoms with E-state index in [1.54, 1.807) is 0 Å². The van der Waals surface area contributed by atoms with Gasteiger partial charge in [-0.1, -0.05) is 12.1 Å². The number of ether oxygens (including phenoxy) is 1. The zero-order valence-corrected chi connectivity index (χ0v) is 10.3. The zero-order valence-electron chi connectivity index (χ0n) is 10.3. The normalized spacial score (nSPS) is 18.7. The van der Waals surface area contributed by atoms with E-state index in [0.717, 1.165) is 12.8 Å². The Morgan fingerprint density at radius 3 is 2.59 bits per heavy atom. The number of aryl methyl sites for hydroxylation is 1. The summed E-state index contributed by atoms with van der Waals surface area (Å²) < 4.78 is 4.85. The Kier molecular flexibility index (Phi) is 3.52. The molecule has 1 saturated heterocycles. The van der Waals surface area contributed by atoms with Gasteiger partial charge in [0.2, 0.25) is 0 Å². The molecule has 1 amide bonds. The van der Waals surface area contributed by atoms with E-state index in [4.69, 9.17) is 4.74 Å². The Hall–Kier alpha value is -1.71. The molecular formula is C13H18N2O2. The summed E-state index contributed by atoms with van der Waals surface area (Å²) in [6.45, 7) is 0.495. The maximum absolute atomic E-state index is 10.8. The van der Waals surface area contributed by atoms with Gasteiger partial charge in [-0.25, -0.2) is 4.79 Å². The van der Waals surface area contributed by atoms with Gasteiger partial charge in [-0.15, -0.1) is 0 Å². The minimum Gasteiger partial charge on any atom is -0.447 e. The van der Waals surface area contributed by atoms with Gasteiger partial charge >= 0.3 is 6.09 Å². The second kappa shape index (κ2) is 5.08. The van der Waals surface area contributed by atoms with Crippen molar-refractivity contribution >= 4 is 11.8 Å². The van der Waals surface area contributed by atoms with Crippen LogP contribution in [0.2, 0.25) is 0 Å². The molecule has 92 valence electrons. The third-order valence-corrected chi connectivity index (χ3v) is 2.97. The van der Waals surface area contributed by atoms with Crippen molar-refractivity contribution < 1.29 is 9.53 Å². The highest BCUT2D eigenvalue weighted by molar-refractivity contribution is 5.69. The fourth-order valence-corrected chi connectivity index (χ4v) is 1.88. The van der Waals surface area contributed by atoms with Crippen molar-refractivity contribution in [1.29, 1.82) is 0 Å². The highest BCUT2D eigenvalue weighted by atomic mass is 16.6. The third kappa shape index (κ3) is 3.12. The van der Waals surface area contributed by atoms with Gasteiger partial charge in [0.1, 0.15) is 6.61 Å². The minimum atomic E-state index is -0.294. The van der Waals surface area contributed by atoms with E-state index in [2.05, 4.69) is 34.5 Å². The first kappa shape index (κ1) is 11.8. The van der Waals surface area contributed by atoms with Crippen LogP contribution < -0.4 is 10.2 Å². The minimum absolute atomic E-state index is 0.163. The molecule has 0 spiro atoms. The van der Waals surface area contributed by atoms with Crippen LogP contribution in [0, 0.1) is 0 Å². The van der Waals surface area contributed by atoms with Crippen molar-refractivity contribution in [2.24, 2.45) is 0 Å². The van der Waals surface area contributed by atoms with Crippen LogP contribution in [0.1, 0.15) is 12.0 Å². The molecule has 1 aliphatic rings. The van der Waals surface area contributed by atoms with Gasteiger partial charge in [-0.2, -0.15) is 0 Å². The molecule has 0 radical (unpaired) electrons. The summed E-state index contributed by atoms with van der Waals surface area (Å²) in [6.07, 6.45) is 1.59. The predicted octanol–water partition coefficient (Wildman–Crippen LogP) is 1.79. The summed E-state index contributed by atoms with van der Waals surface area (Å²) in [7, 11) is 4.06. The number of carbonyl (C=O) groups excluding carboxylic acids is 1. The number of anilines is 1. The van der Waals surface area contributed by atoms with Gasteiger partial charge in [0.15, 0.2) is 0 Å². The highest BCUT2D eigenvalue weighted by Gasteiger charge is 2.21. The molecule has 2 rings (SSSR count). The monoisotopic (exact) mass is 234 g/mol. The summed E-state index contributed by atoms with van der Waals surface area (Å²) in [5.41, 5.74) is 2.49. The van der Waals surface area contributed by atoms with Gasteiger partial charge in [-0.3, -0.25) is 0 Å². The number of hydrogen-bond donors (Lipinski definition) is 1. The first-order valence-electron chi connectivity index (χ1n) is 5.85. The van der Waals surface area contributed by atoms with Gasteiger partial charge in [-0.05, 0) is 30.5 Å². The lowest BCUT2D eigenvalue weighted by atomic mass is 10.1. The Morgan fingerprint density at radius 2 is 2.06 bits per heavy atom. The molecular weight excluding hydrogens is 216 g/mol. The molecule has 1 atom stereocenters. The number of hydrogen-bond acceptors (Lipinski definition) is 3. The number of amides is 1. The molecule has 1 N–H and O–H groups in total. The molecule has 0 saturated carbocycles. The second-order valence-corrected chi connectivity index (χ2v) is 4.54. The quantitative estimate of drug-likeness (QED) is 0.863. The number of nitrogens with one attached hydrogen (secondary N) is 1. The van der Waals surface area contributed by atoms with E-state index in [1.165, 1.54) is 11.3 Å². The lowest BCUT2D eigenvalue weighted by Crippen LogP contribution is -2.26. The lowest BCUT2D eigenvalue weighted by Gasteiger charge is -2.13. The fourth-order valence-electron chi connectivity index (χ4n) is 1.88. The van der Waals surface area contributed by atoms with Crippen molar-refractivity contribution in [3.8, 4) is 0 Å². The van der Waals surface area contributed by atoms with Crippen molar-refractivity contribution in [3.05, 3.63) is 29.8 Å². The maximum Gasteiger partial charge on any atom is 0.407 e. The van der Waals surface area contributed by atoms with Crippen molar-refractivity contribution in [2.75, 3.05) is 25.6 Å². The average Bonchev–Trinajstić information content (AvgIpc) is 2.73. The van der Waals surface area contributed by atoms with Crippen molar-refractivity contribution in [1.82, 2.24) is 5.32 Å². The molecule has 17 heavy (non-hydrogen) atoms. The molecule has 1 heterocycles. The van der Waals surface area contributed by atoms with E-state index in [-0.39, 0.29) is 12.1 Å². The Labute approximate surface area is 102 Å². The zero-order chi connectivity index (χ0) is 12.3. The largest absolute Gasteiger partial charge is 0.447 e. The van der Waals surface area contributed by atoms with Crippen LogP contribution in [0.3, 0.4) is 0 Å². The predicted molar refractivity (Wildman–Crippen MR) is 67.4 cm³/mol. The number of alkyl carbamates (subject to hydrolysis) is 1. The molecule has 0 bridgehead atoms. The van der Waals surface area contributed by atoms with Crippen LogP contribution in [-0.2, 0) is 11.2 Å². The number of carbonyl (C=O) groups is 1. The van der Waals surface area contributed by atoms with Crippen LogP contribution >= 0.6 is 0 Å². The van der Waals surface area contributed by atoms with Gasteiger partial charge in [0.05, 0.1) is 6.04 Å². The van der Waals surface area contributed by atoms with Crippen LogP contribution in [0.25, 0.3) is 0 Å². The fraction of sp³-hybridized carbons (Fsp3) is 0.462. The first-order chi connectivity index (χ1) is 8.15. The smallest absolute Gasteiger partial charge is 0.407 e. The Morgan fingerprint density at radius 1 is 1.35 bits per heavy atom. The summed E-state index contributed by atoms with van der Waals surface area (Å²) in [4.78, 5) is 12.9. The van der Waals surface area contributed by atoms with Crippen LogP contribution in [0.15, 0.2) is 24.3 Å². The average molecular weight is 234 g/mol. The van der Waals surface area contributed by atoms with Gasteiger partial charge < -0.3 is 15.0 Å². The van der Waals surface area contributed by atoms with Crippen LogP contribution in [0.5, 0.6) is 0 Å². The van der Waals surface area contributed by atoms with E-state index in [9.17, 15) is 4.79 Å². The van der Waals surface area contributed by atoms with Gasteiger partial charge in [0.25, 0.3) is 0 Å². The van der Waals surface area contributed by atoms with E-state index < -0.39 is 0 Å². The maximum atomic E-state index is 10.8. The molecule has 1 fully saturated rings. The summed E-state index contributed by atoms with van der Waals surface area (Å²) in [5, 5.41) is 2.78. The van der Waals surface area contributed by atoms with Crippen LogP contribution in [-0.4, -0.2) is 32.8 Å². The Bertz CT molecular complexity index is 387. The summed E-state index contributed by atoms with van der Waals surface area (Å²) >= 11 is 0. The standard InChI is InChI=1S/C13H18N2O2/c1-15(2)12-7-4-10(5-8-12)3-6-11-9-17-13(16)14-11/h4-5,7-8,11H,3,6,9H2,1-2H3,(H,14,16)/t11-/m0/s1. The Balaban J connectivity index is 1.85. The topological polar surface area (TPSA) is 41.6 Å². The summed E-state index contributed by atoms with van der Waals surface area (Å²) in [6, 6.07) is 8.65. The SMILES string of the molecule is CN(C)c1ccc(CC[C@H]2COC(=O)N2)cc1. The molecule has 1 aromatic rings. The van der Waals surface area contributed by atoms with Gasteiger partial charge in [0, 0.05) is 19.8 Å². The molecule has 0 aromatic heterocycles. The molecule has 4 nitrogen and oxygen atoms in total. The second-order valence-electron chi connectivity index (χ2n) is 4.54. The molecule has 0 unspecified atom stereocenters. The number of rotatable bonds is 4. The molecule has 1 aromatic carbocycles. The number of cyclic esters (lactones) is 1. The van der Waals surface area contributed by atoms with Crippen molar-refractivity contribution in [3.63, 3.8) is 0 Å². The highest BCUT2D eigenvalue weighted by Crippen LogP contribution is 2.14. The third-order valence-electron chi connectivity index (χ3n) is 2.97. The number of nitrogens with zero attached hydrogens (tertiary/aromatic N) is 1. The van der Waals surface area contributed by atoms with Crippen molar-refractivity contribution in [2.45, 2.75) is 18.9 Å². The van der Waals surface area contributed by atoms with E-state index in [1.807, 2.05) is 14.1 Å². The first-order valence-corrected chi connectivity index (χ1v) is 5.85. The summed E-state index contributed by atoms with van der Waals surface area (Å²) in [5.74, 6) is 0. The molecule has 0 aliphatic carbocycles. The lowest BCUT2D eigenvalue weighted by molar-refractivity contribution is 0.176. The van der Waals surface area contributed by atoms with Crippen LogP contribution in [0.4, 0.5) is 10.5 Å². The molecule has 4 heteroatoms. The van der Waals surface area contributed by atoms with E-state index >= 15 is 0 Å². The number of benzene rings is 1. The van der Waals surface area contributed by atoms with E-state index in [0.29, 0.717) is 6.61 Å².